The zero-order valence-corrected chi connectivity index (χ0v) is 13.6. The summed E-state index contributed by atoms with van der Waals surface area (Å²) in [6, 6.07) is 0. The zero-order valence-electron chi connectivity index (χ0n) is 13.6. The molecule has 1 heterocycles. The van der Waals surface area contributed by atoms with Gasteiger partial charge in [0.1, 0.15) is 0 Å². The molecule has 5 atom stereocenters. The van der Waals surface area contributed by atoms with Gasteiger partial charge in [-0.1, -0.05) is 0 Å². The van der Waals surface area contributed by atoms with Gasteiger partial charge >= 0.3 is 23.9 Å². The van der Waals surface area contributed by atoms with Crippen LogP contribution in [0.2, 0.25) is 0 Å². The Hall–Kier alpha value is -2.16. The molecule has 2 unspecified atom stereocenters. The van der Waals surface area contributed by atoms with Crippen LogP contribution >= 0.6 is 0 Å². The third-order valence-corrected chi connectivity index (χ3v) is 2.92. The average Bonchev–Trinajstić information content (AvgIpc) is 2.36. The van der Waals surface area contributed by atoms with Crippen molar-refractivity contribution in [3.63, 3.8) is 0 Å². The van der Waals surface area contributed by atoms with E-state index in [9.17, 15) is 19.2 Å². The molecule has 1 aliphatic heterocycles. The van der Waals surface area contributed by atoms with Gasteiger partial charge in [-0.2, -0.15) is 0 Å². The molecule has 1 fully saturated rings. The van der Waals surface area contributed by atoms with E-state index in [0.29, 0.717) is 0 Å². The molecule has 0 N–H and O–H groups in total. The van der Waals surface area contributed by atoms with Crippen molar-refractivity contribution in [2.24, 2.45) is 0 Å². The highest BCUT2D eigenvalue weighted by Crippen LogP contribution is 2.29. The lowest BCUT2D eigenvalue weighted by Crippen LogP contribution is -2.61. The molecular formula is C14H20O9. The van der Waals surface area contributed by atoms with Crippen LogP contribution in [-0.2, 0) is 42.9 Å². The Bertz CT molecular complexity index is 487. The predicted octanol–water partition coefficient (Wildman–Crippen LogP) is 0.0894. The van der Waals surface area contributed by atoms with Crippen molar-refractivity contribution in [3.8, 4) is 0 Å². The fourth-order valence-corrected chi connectivity index (χ4v) is 2.23. The molecule has 0 saturated carbocycles. The molecule has 1 aliphatic rings. The maximum absolute atomic E-state index is 11.4. The van der Waals surface area contributed by atoms with E-state index in [0.717, 1.165) is 20.8 Å². The van der Waals surface area contributed by atoms with Crippen LogP contribution in [0, 0.1) is 0 Å². The van der Waals surface area contributed by atoms with Crippen molar-refractivity contribution in [2.75, 3.05) is 0 Å². The molecule has 9 nitrogen and oxygen atoms in total. The number of ether oxygens (including phenoxy) is 5. The molecule has 0 radical (unpaired) electrons. The van der Waals surface area contributed by atoms with Crippen LogP contribution in [0.15, 0.2) is 0 Å². The van der Waals surface area contributed by atoms with Crippen LogP contribution in [0.4, 0.5) is 0 Å². The molecule has 0 spiro atoms. The summed E-state index contributed by atoms with van der Waals surface area (Å²) in [6.45, 7) is 6.16. The molecule has 130 valence electrons. The van der Waals surface area contributed by atoms with Crippen molar-refractivity contribution >= 4 is 23.9 Å². The minimum absolute atomic E-state index is 0.630. The third-order valence-electron chi connectivity index (χ3n) is 2.92. The Kier molecular flexibility index (Phi) is 6.49. The minimum Gasteiger partial charge on any atom is -0.456 e. The Morgan fingerprint density at radius 2 is 1.04 bits per heavy atom. The van der Waals surface area contributed by atoms with Crippen molar-refractivity contribution in [2.45, 2.75) is 65.3 Å². The van der Waals surface area contributed by atoms with E-state index in [1.54, 1.807) is 6.92 Å². The van der Waals surface area contributed by atoms with Gasteiger partial charge in [0, 0.05) is 27.7 Å². The second-order valence-electron chi connectivity index (χ2n) is 5.04. The SMILES string of the molecule is CC(=O)OC1O[C@H](C)[C@H](OC(C)=O)C(OC(C)=O)[C@H]1OC(C)=O. The molecule has 9 heteroatoms. The molecular weight excluding hydrogens is 312 g/mol. The van der Waals surface area contributed by atoms with Gasteiger partial charge in [-0.3, -0.25) is 19.2 Å². The van der Waals surface area contributed by atoms with Crippen LogP contribution in [0.25, 0.3) is 0 Å². The van der Waals surface area contributed by atoms with Crippen LogP contribution in [0.3, 0.4) is 0 Å². The summed E-state index contributed by atoms with van der Waals surface area (Å²) in [6.07, 6.45) is -5.51. The van der Waals surface area contributed by atoms with E-state index in [2.05, 4.69) is 0 Å². The smallest absolute Gasteiger partial charge is 0.305 e. The summed E-state index contributed by atoms with van der Waals surface area (Å²) in [5.41, 5.74) is 0. The number of hydrogen-bond donors (Lipinski definition) is 0. The number of rotatable bonds is 4. The normalized spacial score (nSPS) is 30.0. The van der Waals surface area contributed by atoms with Crippen molar-refractivity contribution < 1.29 is 42.9 Å². The molecule has 0 aromatic rings. The van der Waals surface area contributed by atoms with Gasteiger partial charge in [0.25, 0.3) is 0 Å². The Balaban J connectivity index is 3.15. The molecule has 23 heavy (non-hydrogen) atoms. The lowest BCUT2D eigenvalue weighted by molar-refractivity contribution is -0.292. The number of esters is 4. The third kappa shape index (κ3) is 5.51. The average molecular weight is 332 g/mol. The summed E-state index contributed by atoms with van der Waals surface area (Å²) in [5.74, 6) is -2.69. The summed E-state index contributed by atoms with van der Waals surface area (Å²) < 4.78 is 25.7. The van der Waals surface area contributed by atoms with E-state index in [-0.39, 0.29) is 0 Å². The maximum Gasteiger partial charge on any atom is 0.305 e. The topological polar surface area (TPSA) is 114 Å². The highest BCUT2D eigenvalue weighted by atomic mass is 16.7. The molecule has 1 saturated heterocycles. The first-order chi connectivity index (χ1) is 10.6. The second-order valence-corrected chi connectivity index (χ2v) is 5.04. The lowest BCUT2D eigenvalue weighted by atomic mass is 9.99. The molecule has 0 aromatic heterocycles. The fraction of sp³-hybridized carbons (Fsp3) is 0.714. The van der Waals surface area contributed by atoms with Crippen molar-refractivity contribution in [3.05, 3.63) is 0 Å². The molecule has 0 aromatic carbocycles. The second kappa shape index (κ2) is 7.91. The van der Waals surface area contributed by atoms with E-state index >= 15 is 0 Å². The van der Waals surface area contributed by atoms with Gasteiger partial charge in [0.2, 0.25) is 12.4 Å². The zero-order chi connectivity index (χ0) is 17.7. The number of hydrogen-bond acceptors (Lipinski definition) is 9. The first-order valence-corrected chi connectivity index (χ1v) is 6.96. The first kappa shape index (κ1) is 18.9. The van der Waals surface area contributed by atoms with Gasteiger partial charge in [-0.25, -0.2) is 0 Å². The van der Waals surface area contributed by atoms with Gasteiger partial charge in [0.05, 0.1) is 6.10 Å². The van der Waals surface area contributed by atoms with Gasteiger partial charge in [-0.05, 0) is 6.92 Å². The summed E-state index contributed by atoms with van der Waals surface area (Å²) >= 11 is 0. The Labute approximate surface area is 133 Å². The van der Waals surface area contributed by atoms with Gasteiger partial charge < -0.3 is 23.7 Å². The largest absolute Gasteiger partial charge is 0.456 e. The highest BCUT2D eigenvalue weighted by Gasteiger charge is 2.51. The predicted molar refractivity (Wildman–Crippen MR) is 72.8 cm³/mol. The van der Waals surface area contributed by atoms with E-state index in [1.165, 1.54) is 6.92 Å². The van der Waals surface area contributed by atoms with Gasteiger partial charge in [0.15, 0.2) is 12.2 Å². The van der Waals surface area contributed by atoms with E-state index in [1.807, 2.05) is 0 Å². The maximum atomic E-state index is 11.4. The molecule has 0 aliphatic carbocycles. The summed E-state index contributed by atoms with van der Waals surface area (Å²) in [5, 5.41) is 0. The Morgan fingerprint density at radius 1 is 0.652 bits per heavy atom. The number of carbonyl (C=O) groups excluding carboxylic acids is 4. The molecule has 0 amide bonds. The highest BCUT2D eigenvalue weighted by molar-refractivity contribution is 5.69. The summed E-state index contributed by atoms with van der Waals surface area (Å²) in [4.78, 5) is 45.1. The fourth-order valence-electron chi connectivity index (χ4n) is 2.23. The lowest BCUT2D eigenvalue weighted by Gasteiger charge is -2.42. The van der Waals surface area contributed by atoms with Crippen LogP contribution in [0.1, 0.15) is 34.6 Å². The van der Waals surface area contributed by atoms with E-state index in [4.69, 9.17) is 23.7 Å². The monoisotopic (exact) mass is 332 g/mol. The molecule has 1 rings (SSSR count). The van der Waals surface area contributed by atoms with Crippen LogP contribution in [-0.4, -0.2) is 54.6 Å². The number of carbonyl (C=O) groups is 4. The van der Waals surface area contributed by atoms with Crippen LogP contribution in [0.5, 0.6) is 0 Å². The minimum atomic E-state index is -1.29. The van der Waals surface area contributed by atoms with Crippen LogP contribution < -0.4 is 0 Å². The van der Waals surface area contributed by atoms with Crippen molar-refractivity contribution in [1.29, 1.82) is 0 Å². The quantitative estimate of drug-likeness (QED) is 0.521. The van der Waals surface area contributed by atoms with E-state index < -0.39 is 54.6 Å². The standard InChI is InChI=1S/C14H20O9/c1-6-11(20-7(2)15)12(21-8(3)16)13(22-9(4)17)14(19-6)23-10(5)18/h6,11-14H,1-5H3/t6-,11+,12?,13-,14?/m1/s1. The summed E-state index contributed by atoms with van der Waals surface area (Å²) in [7, 11) is 0. The first-order valence-electron chi connectivity index (χ1n) is 6.96. The van der Waals surface area contributed by atoms with Crippen molar-refractivity contribution in [1.82, 2.24) is 0 Å². The molecule has 0 bridgehead atoms. The van der Waals surface area contributed by atoms with Gasteiger partial charge in [-0.15, -0.1) is 0 Å². The Morgan fingerprint density at radius 3 is 1.48 bits per heavy atom.